The van der Waals surface area contributed by atoms with E-state index in [1.807, 2.05) is 0 Å². The van der Waals surface area contributed by atoms with Crippen molar-refractivity contribution in [3.05, 3.63) is 40.1 Å². The maximum atomic E-state index is 12.6. The van der Waals surface area contributed by atoms with Gasteiger partial charge in [-0.05, 0) is 43.9 Å². The van der Waals surface area contributed by atoms with Crippen molar-refractivity contribution in [2.45, 2.75) is 25.4 Å². The van der Waals surface area contributed by atoms with E-state index in [-0.39, 0.29) is 30.6 Å². The van der Waals surface area contributed by atoms with Gasteiger partial charge in [-0.2, -0.15) is 0 Å². The fraction of sp³-hybridized carbons (Fsp3) is 0.450. The summed E-state index contributed by atoms with van der Waals surface area (Å²) in [6, 6.07) is 4.94. The number of aromatic nitrogens is 2. The van der Waals surface area contributed by atoms with Crippen LogP contribution in [0.25, 0.3) is 11.3 Å². The second-order valence-corrected chi connectivity index (χ2v) is 8.03. The molecule has 7 nitrogen and oxygen atoms in total. The normalized spacial score (nSPS) is 15.6. The maximum absolute atomic E-state index is 12.6. The van der Waals surface area contributed by atoms with Crippen LogP contribution in [-0.2, 0) is 4.74 Å². The summed E-state index contributed by atoms with van der Waals surface area (Å²) in [5.74, 6) is 0.00915. The van der Waals surface area contributed by atoms with Gasteiger partial charge in [0, 0.05) is 24.2 Å². The number of rotatable bonds is 9. The summed E-state index contributed by atoms with van der Waals surface area (Å²) >= 11 is 12.3. The van der Waals surface area contributed by atoms with Crippen LogP contribution < -0.4 is 10.1 Å². The average molecular weight is 440 g/mol. The molecule has 0 spiro atoms. The van der Waals surface area contributed by atoms with Crippen LogP contribution >= 0.6 is 23.2 Å². The summed E-state index contributed by atoms with van der Waals surface area (Å²) in [5.41, 5.74) is 0.0194. The highest BCUT2D eigenvalue weighted by atomic mass is 35.5. The average Bonchev–Trinajstić information content (AvgIpc) is 3.53. The lowest BCUT2D eigenvalue weighted by molar-refractivity contribution is 0.0353. The Balaban J connectivity index is 1.85. The minimum absolute atomic E-state index is 0.0942. The quantitative estimate of drug-likeness (QED) is 0.581. The lowest BCUT2D eigenvalue weighted by Gasteiger charge is -2.23. The zero-order valence-electron chi connectivity index (χ0n) is 16.2. The molecular formula is C20H23Cl2N3O4. The molecule has 9 heteroatoms. The second kappa shape index (κ2) is 9.26. The van der Waals surface area contributed by atoms with Gasteiger partial charge in [-0.1, -0.05) is 23.2 Å². The van der Waals surface area contributed by atoms with E-state index in [0.29, 0.717) is 27.9 Å². The molecule has 1 aliphatic rings. The Morgan fingerprint density at radius 3 is 2.76 bits per heavy atom. The molecule has 1 aromatic heterocycles. The third kappa shape index (κ3) is 5.57. The molecule has 1 atom stereocenters. The van der Waals surface area contributed by atoms with Crippen molar-refractivity contribution in [2.75, 3.05) is 26.9 Å². The largest absolute Gasteiger partial charge is 0.474 e. The number of amides is 1. The van der Waals surface area contributed by atoms with Crippen LogP contribution in [0.5, 0.6) is 5.88 Å². The maximum Gasteiger partial charge on any atom is 0.271 e. The molecule has 0 saturated heterocycles. The summed E-state index contributed by atoms with van der Waals surface area (Å²) in [7, 11) is 1.57. The van der Waals surface area contributed by atoms with Gasteiger partial charge in [0.05, 0.1) is 23.4 Å². The number of halogens is 2. The number of hydrogen-bond donors (Lipinski definition) is 2. The van der Waals surface area contributed by atoms with E-state index in [4.69, 9.17) is 32.7 Å². The third-order valence-corrected chi connectivity index (χ3v) is 5.30. The Labute approximate surface area is 179 Å². The molecule has 0 aliphatic heterocycles. The Kier molecular flexibility index (Phi) is 6.95. The van der Waals surface area contributed by atoms with Crippen LogP contribution in [0.1, 0.15) is 30.3 Å². The van der Waals surface area contributed by atoms with E-state index in [2.05, 4.69) is 15.3 Å². The van der Waals surface area contributed by atoms with Crippen LogP contribution in [0, 0.1) is 5.92 Å². The predicted molar refractivity (Wildman–Crippen MR) is 111 cm³/mol. The van der Waals surface area contributed by atoms with Gasteiger partial charge in [0.25, 0.3) is 5.91 Å². The Bertz CT molecular complexity index is 888. The fourth-order valence-corrected chi connectivity index (χ4v) is 3.37. The minimum Gasteiger partial charge on any atom is -0.474 e. The highest BCUT2D eigenvalue weighted by molar-refractivity contribution is 6.36. The minimum atomic E-state index is -0.936. The molecule has 1 amide bonds. The predicted octanol–water partition coefficient (Wildman–Crippen LogP) is 3.37. The molecule has 156 valence electrons. The van der Waals surface area contributed by atoms with Crippen molar-refractivity contribution in [2.24, 2.45) is 5.92 Å². The number of benzene rings is 1. The first-order valence-corrected chi connectivity index (χ1v) is 10.0. The molecule has 1 saturated carbocycles. The molecule has 2 N–H and O–H groups in total. The van der Waals surface area contributed by atoms with Crippen molar-refractivity contribution < 1.29 is 19.4 Å². The lowest BCUT2D eigenvalue weighted by Crippen LogP contribution is -2.42. The Hall–Kier alpha value is -1.93. The first kappa shape index (κ1) is 21.8. The molecule has 1 heterocycles. The molecule has 1 unspecified atom stereocenters. The van der Waals surface area contributed by atoms with Gasteiger partial charge in [-0.25, -0.2) is 9.97 Å². The van der Waals surface area contributed by atoms with Gasteiger partial charge in [0.2, 0.25) is 5.88 Å². The number of aliphatic hydroxyl groups is 1. The van der Waals surface area contributed by atoms with Gasteiger partial charge in [-0.3, -0.25) is 4.79 Å². The fourth-order valence-electron chi connectivity index (χ4n) is 2.87. The van der Waals surface area contributed by atoms with E-state index in [0.717, 1.165) is 12.8 Å². The molecule has 2 aromatic rings. The van der Waals surface area contributed by atoms with Crippen molar-refractivity contribution in [3.8, 4) is 17.1 Å². The van der Waals surface area contributed by atoms with Crippen LogP contribution in [0.2, 0.25) is 10.0 Å². The van der Waals surface area contributed by atoms with E-state index >= 15 is 0 Å². The van der Waals surface area contributed by atoms with Crippen LogP contribution in [0.3, 0.4) is 0 Å². The van der Waals surface area contributed by atoms with E-state index in [1.54, 1.807) is 32.2 Å². The molecule has 29 heavy (non-hydrogen) atoms. The second-order valence-electron chi connectivity index (χ2n) is 7.19. The summed E-state index contributed by atoms with van der Waals surface area (Å²) in [6.45, 7) is 2.50. The summed E-state index contributed by atoms with van der Waals surface area (Å²) in [6.07, 6.45) is 3.27. The van der Waals surface area contributed by atoms with Crippen molar-refractivity contribution in [1.82, 2.24) is 15.3 Å². The molecule has 3 rings (SSSR count). The van der Waals surface area contributed by atoms with Crippen LogP contribution in [0.4, 0.5) is 0 Å². The topological polar surface area (TPSA) is 93.6 Å². The summed E-state index contributed by atoms with van der Waals surface area (Å²) in [5, 5.41) is 14.0. The Morgan fingerprint density at radius 1 is 1.34 bits per heavy atom. The number of hydrogen-bond acceptors (Lipinski definition) is 6. The SMILES string of the molecule is COCCOc1ncc(C(=O)NCC(C)(O)C2CC2)nc1-c1ccc(Cl)cc1Cl. The number of nitrogens with zero attached hydrogens (tertiary/aromatic N) is 2. The van der Waals surface area contributed by atoms with E-state index in [1.165, 1.54) is 6.20 Å². The molecule has 0 radical (unpaired) electrons. The summed E-state index contributed by atoms with van der Waals surface area (Å²) < 4.78 is 10.6. The van der Waals surface area contributed by atoms with Crippen LogP contribution in [-0.4, -0.2) is 53.5 Å². The van der Waals surface area contributed by atoms with Crippen molar-refractivity contribution in [1.29, 1.82) is 0 Å². The standard InChI is InChI=1S/C20H23Cl2N3O4/c1-20(27,12-3-4-12)11-24-18(26)16-10-23-19(29-8-7-28-2)17(25-16)14-6-5-13(21)9-15(14)22/h5-6,9-10,12,27H,3-4,7-8,11H2,1-2H3,(H,24,26). The number of methoxy groups -OCH3 is 1. The third-order valence-electron chi connectivity index (χ3n) is 4.75. The van der Waals surface area contributed by atoms with Crippen LogP contribution in [0.15, 0.2) is 24.4 Å². The lowest BCUT2D eigenvalue weighted by atomic mass is 10.0. The number of nitrogens with one attached hydrogen (secondary N) is 1. The van der Waals surface area contributed by atoms with Crippen molar-refractivity contribution >= 4 is 29.1 Å². The van der Waals surface area contributed by atoms with Gasteiger partial charge in [-0.15, -0.1) is 0 Å². The molecule has 1 aliphatic carbocycles. The monoisotopic (exact) mass is 439 g/mol. The number of carbonyl (C=O) groups is 1. The van der Waals surface area contributed by atoms with Crippen molar-refractivity contribution in [3.63, 3.8) is 0 Å². The van der Waals surface area contributed by atoms with Gasteiger partial charge in [0.1, 0.15) is 18.0 Å². The van der Waals surface area contributed by atoms with Gasteiger partial charge >= 0.3 is 0 Å². The smallest absolute Gasteiger partial charge is 0.271 e. The Morgan fingerprint density at radius 2 is 2.10 bits per heavy atom. The molecule has 0 bridgehead atoms. The zero-order chi connectivity index (χ0) is 21.0. The first-order chi connectivity index (χ1) is 13.8. The highest BCUT2D eigenvalue weighted by Gasteiger charge is 2.40. The number of ether oxygens (including phenoxy) is 2. The van der Waals surface area contributed by atoms with Gasteiger partial charge in [0.15, 0.2) is 0 Å². The first-order valence-electron chi connectivity index (χ1n) is 9.26. The molecular weight excluding hydrogens is 417 g/mol. The summed E-state index contributed by atoms with van der Waals surface area (Å²) in [4.78, 5) is 21.3. The number of carbonyl (C=O) groups excluding carboxylic acids is 1. The highest BCUT2D eigenvalue weighted by Crippen LogP contribution is 2.39. The molecule has 1 fully saturated rings. The van der Waals surface area contributed by atoms with Gasteiger partial charge < -0.3 is 19.9 Å². The van der Waals surface area contributed by atoms with E-state index in [9.17, 15) is 9.90 Å². The zero-order valence-corrected chi connectivity index (χ0v) is 17.8. The van der Waals surface area contributed by atoms with E-state index < -0.39 is 11.5 Å². The molecule has 1 aromatic carbocycles.